The Morgan fingerprint density at radius 3 is 2.56 bits per heavy atom. The number of carbonyl (C=O) groups is 1. The first-order valence-electron chi connectivity index (χ1n) is 8.55. The number of benzene rings is 1. The van der Waals surface area contributed by atoms with Gasteiger partial charge in [0.15, 0.2) is 0 Å². The fraction of sp³-hybridized carbons (Fsp3) is 0.500. The lowest BCUT2D eigenvalue weighted by Crippen LogP contribution is -2.69. The number of carbonyl (C=O) groups excluding carboxylic acids is 1. The Balaban J connectivity index is 1.68. The average Bonchev–Trinajstić information content (AvgIpc) is 3.00. The fourth-order valence-corrected chi connectivity index (χ4v) is 5.08. The molecule has 1 heterocycles. The van der Waals surface area contributed by atoms with E-state index >= 15 is 0 Å². The van der Waals surface area contributed by atoms with Gasteiger partial charge in [-0.05, 0) is 30.4 Å². The van der Waals surface area contributed by atoms with Gasteiger partial charge in [0.2, 0.25) is 10.0 Å². The van der Waals surface area contributed by atoms with Crippen LogP contribution in [0.3, 0.4) is 0 Å². The first kappa shape index (κ1) is 17.9. The summed E-state index contributed by atoms with van der Waals surface area (Å²) < 4.78 is 23.3. The maximum atomic E-state index is 12.6. The van der Waals surface area contributed by atoms with Crippen molar-refractivity contribution in [1.82, 2.24) is 10.2 Å². The number of likely N-dealkylation sites (tertiary alicyclic amines) is 1. The molecule has 1 aliphatic heterocycles. The van der Waals surface area contributed by atoms with Crippen LogP contribution in [0.5, 0.6) is 0 Å². The van der Waals surface area contributed by atoms with Crippen molar-refractivity contribution < 1.29 is 13.2 Å². The highest BCUT2D eigenvalue weighted by Gasteiger charge is 2.55. The van der Waals surface area contributed by atoms with Crippen LogP contribution in [-0.2, 0) is 16.6 Å². The van der Waals surface area contributed by atoms with Gasteiger partial charge in [-0.25, -0.2) is 18.4 Å². The molecular weight excluding hydrogens is 338 g/mol. The van der Waals surface area contributed by atoms with E-state index in [0.717, 1.165) is 19.4 Å². The number of sulfonamides is 1. The molecule has 136 valence electrons. The summed E-state index contributed by atoms with van der Waals surface area (Å²) in [5.41, 5.74) is 0.682. The van der Waals surface area contributed by atoms with Gasteiger partial charge in [-0.2, -0.15) is 0 Å². The van der Waals surface area contributed by atoms with Gasteiger partial charge in [0.1, 0.15) is 0 Å². The van der Waals surface area contributed by atoms with E-state index in [9.17, 15) is 13.2 Å². The Hall–Kier alpha value is -1.86. The Bertz CT molecular complexity index is 794. The second kappa shape index (κ2) is 6.46. The first-order valence-corrected chi connectivity index (χ1v) is 10.1. The van der Waals surface area contributed by atoms with Crippen molar-refractivity contribution in [2.24, 2.45) is 16.5 Å². The van der Waals surface area contributed by atoms with Gasteiger partial charge in [-0.1, -0.05) is 44.2 Å². The lowest BCUT2D eigenvalue weighted by molar-refractivity contribution is -0.0577. The van der Waals surface area contributed by atoms with Gasteiger partial charge in [0.25, 0.3) is 0 Å². The Morgan fingerprint density at radius 1 is 1.32 bits per heavy atom. The summed E-state index contributed by atoms with van der Waals surface area (Å²) in [4.78, 5) is 14.6. The predicted octanol–water partition coefficient (Wildman–Crippen LogP) is 2.22. The van der Waals surface area contributed by atoms with Crippen LogP contribution in [0.4, 0.5) is 4.79 Å². The molecule has 0 saturated carbocycles. The number of allylic oxidation sites excluding steroid dienone is 2. The predicted molar refractivity (Wildman–Crippen MR) is 96.2 cm³/mol. The molecule has 1 fully saturated rings. The summed E-state index contributed by atoms with van der Waals surface area (Å²) in [6, 6.07) is 6.52. The van der Waals surface area contributed by atoms with E-state index in [0.29, 0.717) is 11.5 Å². The van der Waals surface area contributed by atoms with E-state index in [-0.39, 0.29) is 28.9 Å². The Morgan fingerprint density at radius 2 is 1.96 bits per heavy atom. The molecule has 0 bridgehead atoms. The molecule has 3 N–H and O–H groups in total. The molecule has 1 aromatic carbocycles. The van der Waals surface area contributed by atoms with E-state index in [1.807, 2.05) is 4.90 Å². The van der Waals surface area contributed by atoms with Gasteiger partial charge in [-0.3, -0.25) is 0 Å². The van der Waals surface area contributed by atoms with Crippen molar-refractivity contribution in [3.63, 3.8) is 0 Å². The van der Waals surface area contributed by atoms with Crippen LogP contribution >= 0.6 is 0 Å². The number of rotatable bonds is 4. The highest BCUT2D eigenvalue weighted by molar-refractivity contribution is 7.89. The summed E-state index contributed by atoms with van der Waals surface area (Å²) in [7, 11) is -3.81. The average molecular weight is 363 g/mol. The van der Waals surface area contributed by atoms with Crippen LogP contribution in [0.15, 0.2) is 41.3 Å². The number of nitrogens with one attached hydrogen (secondary N) is 1. The molecule has 1 atom stereocenters. The second-order valence-electron chi connectivity index (χ2n) is 7.37. The lowest BCUT2D eigenvalue weighted by atomic mass is 9.65. The Kier molecular flexibility index (Phi) is 4.64. The number of urea groups is 1. The maximum Gasteiger partial charge on any atom is 0.317 e. The number of nitrogens with zero attached hydrogens (tertiary/aromatic N) is 1. The third-order valence-electron chi connectivity index (χ3n) is 5.27. The van der Waals surface area contributed by atoms with Crippen molar-refractivity contribution >= 4 is 16.1 Å². The standard InChI is InChI=1S/C18H25N3O3S/c1-13(2)16-18(9-5-6-10-18)12-21(16)17(22)20-11-14-7-3-4-8-15(14)25(19,23)24/h3-8,13,16H,9-12H2,1-2H3,(H,20,22)(H2,19,23,24)/t16-/m0/s1. The van der Waals surface area contributed by atoms with Gasteiger partial charge >= 0.3 is 6.03 Å². The molecule has 25 heavy (non-hydrogen) atoms. The number of amides is 2. The zero-order chi connectivity index (χ0) is 18.2. The summed E-state index contributed by atoms with van der Waals surface area (Å²) in [5, 5.41) is 8.09. The van der Waals surface area contributed by atoms with E-state index in [2.05, 4.69) is 31.3 Å². The summed E-state index contributed by atoms with van der Waals surface area (Å²) in [6.45, 7) is 5.16. The highest BCUT2D eigenvalue weighted by atomic mass is 32.2. The largest absolute Gasteiger partial charge is 0.334 e. The number of primary sulfonamides is 1. The molecule has 7 heteroatoms. The zero-order valence-electron chi connectivity index (χ0n) is 14.6. The lowest BCUT2D eigenvalue weighted by Gasteiger charge is -2.58. The molecular formula is C18H25N3O3S. The topological polar surface area (TPSA) is 92.5 Å². The van der Waals surface area contributed by atoms with Gasteiger partial charge < -0.3 is 10.2 Å². The molecule has 1 aliphatic carbocycles. The minimum Gasteiger partial charge on any atom is -0.334 e. The van der Waals surface area contributed by atoms with Crippen LogP contribution in [0.1, 0.15) is 32.3 Å². The maximum absolute atomic E-state index is 12.6. The van der Waals surface area contributed by atoms with Crippen molar-refractivity contribution in [3.05, 3.63) is 42.0 Å². The van der Waals surface area contributed by atoms with Crippen molar-refractivity contribution in [1.29, 1.82) is 0 Å². The van der Waals surface area contributed by atoms with E-state index < -0.39 is 10.0 Å². The number of hydrogen-bond acceptors (Lipinski definition) is 3. The van der Waals surface area contributed by atoms with Crippen LogP contribution in [0.2, 0.25) is 0 Å². The van der Waals surface area contributed by atoms with Gasteiger partial charge in [0.05, 0.1) is 4.90 Å². The molecule has 2 aliphatic rings. The van der Waals surface area contributed by atoms with E-state index in [4.69, 9.17) is 5.14 Å². The highest BCUT2D eigenvalue weighted by Crippen LogP contribution is 2.50. The monoisotopic (exact) mass is 363 g/mol. The molecule has 0 aromatic heterocycles. The van der Waals surface area contributed by atoms with Crippen molar-refractivity contribution in [3.8, 4) is 0 Å². The SMILES string of the molecule is CC(C)[C@@H]1N(C(=O)NCc2ccccc2S(N)(=O)=O)CC12CC=CC2. The molecule has 2 amide bonds. The van der Waals surface area contributed by atoms with Gasteiger partial charge in [0, 0.05) is 24.5 Å². The normalized spacial score (nSPS) is 21.6. The molecule has 1 spiro atoms. The third-order valence-corrected chi connectivity index (χ3v) is 6.28. The van der Waals surface area contributed by atoms with Crippen molar-refractivity contribution in [2.75, 3.05) is 6.54 Å². The Labute approximate surface area is 149 Å². The smallest absolute Gasteiger partial charge is 0.317 e. The first-order chi connectivity index (χ1) is 11.7. The van der Waals surface area contributed by atoms with Crippen molar-refractivity contribution in [2.45, 2.75) is 44.2 Å². The summed E-state index contributed by atoms with van der Waals surface area (Å²) in [6.07, 6.45) is 6.45. The number of nitrogens with two attached hydrogens (primary N) is 1. The fourth-order valence-electron chi connectivity index (χ4n) is 4.30. The van der Waals surface area contributed by atoms with Gasteiger partial charge in [-0.15, -0.1) is 0 Å². The molecule has 3 rings (SSSR count). The van der Waals surface area contributed by atoms with Crippen LogP contribution in [0, 0.1) is 11.3 Å². The summed E-state index contributed by atoms with van der Waals surface area (Å²) >= 11 is 0. The molecule has 0 radical (unpaired) electrons. The van der Waals surface area contributed by atoms with E-state index in [1.165, 1.54) is 6.07 Å². The van der Waals surface area contributed by atoms with Crippen LogP contribution < -0.4 is 10.5 Å². The van der Waals surface area contributed by atoms with E-state index in [1.54, 1.807) is 18.2 Å². The molecule has 1 aromatic rings. The molecule has 0 unspecified atom stereocenters. The minimum absolute atomic E-state index is 0.0517. The van der Waals surface area contributed by atoms with Crippen LogP contribution in [0.25, 0.3) is 0 Å². The number of hydrogen-bond donors (Lipinski definition) is 2. The van der Waals surface area contributed by atoms with Crippen LogP contribution in [-0.4, -0.2) is 31.9 Å². The second-order valence-corrected chi connectivity index (χ2v) is 8.90. The summed E-state index contributed by atoms with van der Waals surface area (Å²) in [5.74, 6) is 0.371. The molecule has 1 saturated heterocycles. The third kappa shape index (κ3) is 3.30. The molecule has 6 nitrogen and oxygen atoms in total. The minimum atomic E-state index is -3.81. The quantitative estimate of drug-likeness (QED) is 0.803. The zero-order valence-corrected chi connectivity index (χ0v) is 15.4.